The Bertz CT molecular complexity index is 638. The van der Waals surface area contributed by atoms with Gasteiger partial charge in [0.2, 0.25) is 5.91 Å². The van der Waals surface area contributed by atoms with E-state index in [4.69, 9.17) is 22.1 Å². The molecule has 2 rings (SSSR count). The fourth-order valence-corrected chi connectivity index (χ4v) is 1.77. The number of halogens is 1. The van der Waals surface area contributed by atoms with Gasteiger partial charge in [0.1, 0.15) is 10.9 Å². The van der Waals surface area contributed by atoms with E-state index in [1.807, 2.05) is 24.3 Å². The lowest BCUT2D eigenvalue weighted by Crippen LogP contribution is -2.05. The van der Waals surface area contributed by atoms with E-state index >= 15 is 0 Å². The van der Waals surface area contributed by atoms with Crippen molar-refractivity contribution in [3.05, 3.63) is 41.1 Å². The van der Waals surface area contributed by atoms with E-state index in [2.05, 4.69) is 4.98 Å². The Hall–Kier alpha value is -2.07. The Morgan fingerprint density at radius 2 is 2.22 bits per heavy atom. The number of benzene rings is 1. The van der Waals surface area contributed by atoms with Crippen LogP contribution in [0, 0.1) is 0 Å². The fraction of sp³-hybridized carbons (Fsp3) is 0.0769. The number of hydrogen-bond acceptors (Lipinski definition) is 3. The second-order valence-electron chi connectivity index (χ2n) is 3.66. The summed E-state index contributed by atoms with van der Waals surface area (Å²) in [6.07, 6.45) is 2.78. The first-order valence-corrected chi connectivity index (χ1v) is 5.60. The molecule has 0 aliphatic heterocycles. The Morgan fingerprint density at radius 3 is 2.89 bits per heavy atom. The van der Waals surface area contributed by atoms with Gasteiger partial charge >= 0.3 is 0 Å². The molecule has 1 amide bonds. The second-order valence-corrected chi connectivity index (χ2v) is 4.02. The van der Waals surface area contributed by atoms with Gasteiger partial charge in [-0.1, -0.05) is 11.6 Å². The lowest BCUT2D eigenvalue weighted by atomic mass is 10.1. The van der Waals surface area contributed by atoms with Crippen LogP contribution in [0.5, 0.6) is 5.75 Å². The molecule has 0 unspecified atom stereocenters. The van der Waals surface area contributed by atoms with Crippen LogP contribution in [-0.2, 0) is 4.79 Å². The number of amides is 1. The van der Waals surface area contributed by atoms with E-state index in [9.17, 15) is 4.79 Å². The van der Waals surface area contributed by atoms with Crippen LogP contribution < -0.4 is 10.5 Å². The molecule has 5 heteroatoms. The summed E-state index contributed by atoms with van der Waals surface area (Å²) in [4.78, 5) is 14.9. The molecule has 0 spiro atoms. The molecule has 0 saturated heterocycles. The molecule has 0 aliphatic rings. The first kappa shape index (κ1) is 12.4. The third-order valence-electron chi connectivity index (χ3n) is 2.43. The molecule has 92 valence electrons. The van der Waals surface area contributed by atoms with E-state index in [0.29, 0.717) is 10.7 Å². The summed E-state index contributed by atoms with van der Waals surface area (Å²) in [6.45, 7) is 0. The van der Waals surface area contributed by atoms with E-state index in [1.54, 1.807) is 7.11 Å². The molecule has 1 aromatic carbocycles. The quantitative estimate of drug-likeness (QED) is 0.682. The first-order chi connectivity index (χ1) is 8.60. The van der Waals surface area contributed by atoms with Crippen LogP contribution >= 0.6 is 11.6 Å². The molecule has 2 aromatic rings. The molecule has 0 saturated carbocycles. The van der Waals surface area contributed by atoms with E-state index in [-0.39, 0.29) is 0 Å². The minimum Gasteiger partial charge on any atom is -0.497 e. The van der Waals surface area contributed by atoms with Gasteiger partial charge in [-0.05, 0) is 30.3 Å². The summed E-state index contributed by atoms with van der Waals surface area (Å²) in [7, 11) is 1.60. The third-order valence-corrected chi connectivity index (χ3v) is 2.73. The minimum atomic E-state index is -0.531. The average Bonchev–Trinajstić information content (AvgIpc) is 2.35. The van der Waals surface area contributed by atoms with E-state index < -0.39 is 5.91 Å². The van der Waals surface area contributed by atoms with Crippen LogP contribution in [-0.4, -0.2) is 18.0 Å². The van der Waals surface area contributed by atoms with Crippen molar-refractivity contribution in [1.82, 2.24) is 4.98 Å². The summed E-state index contributed by atoms with van der Waals surface area (Å²) >= 11 is 6.01. The molecule has 18 heavy (non-hydrogen) atoms. The number of methoxy groups -OCH3 is 1. The standard InChI is InChI=1S/C13H11ClN2O2/c1-18-10-3-4-11-9(7-10)6-8(13(14)16-11)2-5-12(15)17/h2-7H,1H3,(H2,15,17)/b5-2+. The third kappa shape index (κ3) is 2.60. The Morgan fingerprint density at radius 1 is 1.44 bits per heavy atom. The molecular weight excluding hydrogens is 252 g/mol. The number of carbonyl (C=O) groups excluding carboxylic acids is 1. The SMILES string of the molecule is COc1ccc2nc(Cl)c(/C=C/C(N)=O)cc2c1. The summed E-state index contributed by atoms with van der Waals surface area (Å²) in [6, 6.07) is 7.30. The fourth-order valence-electron chi connectivity index (χ4n) is 1.56. The first-order valence-electron chi connectivity index (χ1n) is 5.22. The van der Waals surface area contributed by atoms with Gasteiger partial charge in [-0.15, -0.1) is 0 Å². The minimum absolute atomic E-state index is 0.324. The number of ether oxygens (including phenoxy) is 1. The van der Waals surface area contributed by atoms with Crippen LogP contribution in [0.3, 0.4) is 0 Å². The number of primary amides is 1. The summed E-state index contributed by atoms with van der Waals surface area (Å²) in [5.74, 6) is 0.202. The lowest BCUT2D eigenvalue weighted by molar-refractivity contribution is -0.113. The highest BCUT2D eigenvalue weighted by Crippen LogP contribution is 2.24. The van der Waals surface area contributed by atoms with Crippen LogP contribution in [0.4, 0.5) is 0 Å². The molecule has 1 heterocycles. The van der Waals surface area contributed by atoms with Crippen molar-refractivity contribution in [2.24, 2.45) is 5.73 Å². The van der Waals surface area contributed by atoms with Crippen LogP contribution in [0.1, 0.15) is 5.56 Å². The van der Waals surface area contributed by atoms with Crippen molar-refractivity contribution in [1.29, 1.82) is 0 Å². The number of rotatable bonds is 3. The Kier molecular flexibility index (Phi) is 3.48. The maximum absolute atomic E-state index is 10.7. The van der Waals surface area contributed by atoms with Gasteiger partial charge in [0, 0.05) is 17.0 Å². The number of hydrogen-bond donors (Lipinski definition) is 1. The lowest BCUT2D eigenvalue weighted by Gasteiger charge is -2.04. The van der Waals surface area contributed by atoms with Crippen molar-refractivity contribution in [3.63, 3.8) is 0 Å². The van der Waals surface area contributed by atoms with E-state index in [1.165, 1.54) is 12.2 Å². The zero-order valence-corrected chi connectivity index (χ0v) is 10.4. The van der Waals surface area contributed by atoms with Crippen LogP contribution in [0.2, 0.25) is 5.15 Å². The predicted molar refractivity (Wildman–Crippen MR) is 71.5 cm³/mol. The van der Waals surface area contributed by atoms with Gasteiger partial charge < -0.3 is 10.5 Å². The maximum atomic E-state index is 10.7. The molecule has 0 aliphatic carbocycles. The highest BCUT2D eigenvalue weighted by atomic mass is 35.5. The normalized spacial score (nSPS) is 11.0. The molecule has 2 N–H and O–H groups in total. The number of nitrogens with two attached hydrogens (primary N) is 1. The Labute approximate surface area is 109 Å². The zero-order chi connectivity index (χ0) is 13.1. The monoisotopic (exact) mass is 262 g/mol. The molecule has 1 aromatic heterocycles. The topological polar surface area (TPSA) is 65.2 Å². The number of nitrogens with zero attached hydrogens (tertiary/aromatic N) is 1. The van der Waals surface area contributed by atoms with E-state index in [0.717, 1.165) is 16.7 Å². The number of aromatic nitrogens is 1. The summed E-state index contributed by atoms with van der Waals surface area (Å²) in [5.41, 5.74) is 6.44. The number of carbonyl (C=O) groups is 1. The largest absolute Gasteiger partial charge is 0.497 e. The maximum Gasteiger partial charge on any atom is 0.241 e. The number of fused-ring (bicyclic) bond motifs is 1. The summed E-state index contributed by atoms with van der Waals surface area (Å²) < 4.78 is 5.14. The highest BCUT2D eigenvalue weighted by molar-refractivity contribution is 6.31. The summed E-state index contributed by atoms with van der Waals surface area (Å²) in [5, 5.41) is 1.20. The molecular formula is C13H11ClN2O2. The van der Waals surface area contributed by atoms with Gasteiger partial charge in [-0.3, -0.25) is 4.79 Å². The molecule has 0 bridgehead atoms. The van der Waals surface area contributed by atoms with Crippen molar-refractivity contribution in [2.75, 3.05) is 7.11 Å². The highest BCUT2D eigenvalue weighted by Gasteiger charge is 2.04. The molecule has 4 nitrogen and oxygen atoms in total. The van der Waals surface area contributed by atoms with Crippen molar-refractivity contribution in [2.45, 2.75) is 0 Å². The van der Waals surface area contributed by atoms with Crippen LogP contribution in [0.25, 0.3) is 17.0 Å². The van der Waals surface area contributed by atoms with Crippen LogP contribution in [0.15, 0.2) is 30.3 Å². The zero-order valence-electron chi connectivity index (χ0n) is 9.68. The molecule has 0 radical (unpaired) electrons. The van der Waals surface area contributed by atoms with Crippen molar-refractivity contribution >= 4 is 34.5 Å². The van der Waals surface area contributed by atoms with Gasteiger partial charge in [0.25, 0.3) is 0 Å². The van der Waals surface area contributed by atoms with Gasteiger partial charge in [0.05, 0.1) is 12.6 Å². The van der Waals surface area contributed by atoms with Gasteiger partial charge in [-0.2, -0.15) is 0 Å². The average molecular weight is 263 g/mol. The molecule has 0 fully saturated rings. The molecule has 0 atom stereocenters. The predicted octanol–water partition coefficient (Wildman–Crippen LogP) is 2.40. The van der Waals surface area contributed by atoms with Crippen molar-refractivity contribution < 1.29 is 9.53 Å². The van der Waals surface area contributed by atoms with Crippen molar-refractivity contribution in [3.8, 4) is 5.75 Å². The number of pyridine rings is 1. The second kappa shape index (κ2) is 5.06. The van der Waals surface area contributed by atoms with Gasteiger partial charge in [0.15, 0.2) is 0 Å². The Balaban J connectivity index is 2.54. The van der Waals surface area contributed by atoms with Gasteiger partial charge in [-0.25, -0.2) is 4.98 Å². The smallest absolute Gasteiger partial charge is 0.241 e.